The van der Waals surface area contributed by atoms with E-state index in [1.54, 1.807) is 0 Å². The van der Waals surface area contributed by atoms with Gasteiger partial charge in [-0.3, -0.25) is 9.89 Å². The standard InChI is InChI=1S/C14H18N4O/c1-9-10(6-5-7-15)13(19)18-12(16-9)8-11(17-18)14(2,3)4/h8,17H,5-6H2,1-4H3. The van der Waals surface area contributed by atoms with Crippen molar-refractivity contribution in [2.45, 2.75) is 46.0 Å². The van der Waals surface area contributed by atoms with E-state index in [0.29, 0.717) is 29.7 Å². The maximum atomic E-state index is 12.4. The van der Waals surface area contributed by atoms with Gasteiger partial charge in [-0.25, -0.2) is 9.50 Å². The summed E-state index contributed by atoms with van der Waals surface area (Å²) in [6.45, 7) is 8.04. The second kappa shape index (κ2) is 4.54. The number of H-pyrrole nitrogens is 1. The minimum absolute atomic E-state index is 0.0686. The third-order valence-corrected chi connectivity index (χ3v) is 3.21. The van der Waals surface area contributed by atoms with Gasteiger partial charge < -0.3 is 0 Å². The van der Waals surface area contributed by atoms with Crippen LogP contribution in [0.5, 0.6) is 0 Å². The molecule has 0 aromatic carbocycles. The zero-order chi connectivity index (χ0) is 14.2. The number of nitrogens with one attached hydrogen (secondary N) is 1. The molecule has 1 N–H and O–H groups in total. The quantitative estimate of drug-likeness (QED) is 0.896. The van der Waals surface area contributed by atoms with Gasteiger partial charge in [0.2, 0.25) is 0 Å². The monoisotopic (exact) mass is 258 g/mol. The van der Waals surface area contributed by atoms with E-state index in [2.05, 4.69) is 36.9 Å². The first kappa shape index (κ1) is 13.3. The number of rotatable bonds is 2. The first-order chi connectivity index (χ1) is 8.84. The average Bonchev–Trinajstić information content (AvgIpc) is 2.72. The second-order valence-corrected chi connectivity index (χ2v) is 5.75. The molecule has 0 radical (unpaired) electrons. The van der Waals surface area contributed by atoms with Crippen LogP contribution in [0.15, 0.2) is 10.9 Å². The summed E-state index contributed by atoms with van der Waals surface area (Å²) in [4.78, 5) is 16.8. The van der Waals surface area contributed by atoms with Gasteiger partial charge in [-0.15, -0.1) is 0 Å². The van der Waals surface area contributed by atoms with Crippen LogP contribution >= 0.6 is 0 Å². The molecule has 0 amide bonds. The Bertz CT molecular complexity index is 710. The SMILES string of the molecule is Cc1nc2cc(C(C)(C)C)[nH]n2c(=O)c1CCC#N. The van der Waals surface area contributed by atoms with E-state index >= 15 is 0 Å². The fourth-order valence-corrected chi connectivity index (χ4v) is 2.02. The molecule has 0 atom stereocenters. The Morgan fingerprint density at radius 3 is 2.74 bits per heavy atom. The summed E-state index contributed by atoms with van der Waals surface area (Å²) in [7, 11) is 0. The molecule has 0 aliphatic heterocycles. The molecule has 0 bridgehead atoms. The van der Waals surface area contributed by atoms with Crippen LogP contribution in [0.3, 0.4) is 0 Å². The molecular weight excluding hydrogens is 240 g/mol. The van der Waals surface area contributed by atoms with Crippen LogP contribution in [-0.2, 0) is 11.8 Å². The molecule has 2 heterocycles. The van der Waals surface area contributed by atoms with Gasteiger partial charge >= 0.3 is 0 Å². The minimum atomic E-state index is -0.103. The van der Waals surface area contributed by atoms with E-state index in [-0.39, 0.29) is 11.0 Å². The highest BCUT2D eigenvalue weighted by molar-refractivity contribution is 5.43. The molecule has 2 aromatic rings. The molecular formula is C14H18N4O. The zero-order valence-electron chi connectivity index (χ0n) is 11.7. The van der Waals surface area contributed by atoms with Crippen molar-refractivity contribution in [2.24, 2.45) is 0 Å². The Kier molecular flexibility index (Phi) is 3.19. The van der Waals surface area contributed by atoms with E-state index in [9.17, 15) is 4.79 Å². The Balaban J connectivity index is 2.64. The summed E-state index contributed by atoms with van der Waals surface area (Å²) in [6.07, 6.45) is 0.775. The first-order valence-corrected chi connectivity index (χ1v) is 6.33. The fourth-order valence-electron chi connectivity index (χ4n) is 2.02. The van der Waals surface area contributed by atoms with E-state index in [0.717, 1.165) is 5.69 Å². The van der Waals surface area contributed by atoms with Crippen molar-refractivity contribution in [1.29, 1.82) is 5.26 Å². The van der Waals surface area contributed by atoms with Crippen molar-refractivity contribution in [1.82, 2.24) is 14.6 Å². The minimum Gasteiger partial charge on any atom is -0.293 e. The first-order valence-electron chi connectivity index (χ1n) is 6.33. The van der Waals surface area contributed by atoms with Crippen molar-refractivity contribution in [3.8, 4) is 6.07 Å². The Morgan fingerprint density at radius 2 is 2.16 bits per heavy atom. The van der Waals surface area contributed by atoms with Crippen molar-refractivity contribution in [2.75, 3.05) is 0 Å². The van der Waals surface area contributed by atoms with E-state index in [1.807, 2.05) is 13.0 Å². The van der Waals surface area contributed by atoms with Crippen LogP contribution in [0.1, 0.15) is 44.1 Å². The molecule has 2 rings (SSSR count). The molecule has 19 heavy (non-hydrogen) atoms. The van der Waals surface area contributed by atoms with Gasteiger partial charge in [-0.05, 0) is 13.3 Å². The Morgan fingerprint density at radius 1 is 1.47 bits per heavy atom. The zero-order valence-corrected chi connectivity index (χ0v) is 11.7. The molecule has 100 valence electrons. The lowest BCUT2D eigenvalue weighted by Gasteiger charge is -2.14. The second-order valence-electron chi connectivity index (χ2n) is 5.75. The van der Waals surface area contributed by atoms with E-state index < -0.39 is 0 Å². The maximum Gasteiger partial charge on any atom is 0.276 e. The molecule has 0 spiro atoms. The lowest BCUT2D eigenvalue weighted by atomic mass is 9.93. The number of aryl methyl sites for hydroxylation is 1. The van der Waals surface area contributed by atoms with E-state index in [1.165, 1.54) is 4.52 Å². The highest BCUT2D eigenvalue weighted by Crippen LogP contribution is 2.21. The van der Waals surface area contributed by atoms with E-state index in [4.69, 9.17) is 5.26 Å². The number of fused-ring (bicyclic) bond motifs is 1. The largest absolute Gasteiger partial charge is 0.293 e. The molecule has 0 fully saturated rings. The summed E-state index contributed by atoms with van der Waals surface area (Å²) in [5, 5.41) is 11.8. The van der Waals surface area contributed by atoms with Crippen molar-refractivity contribution >= 4 is 5.65 Å². The lowest BCUT2D eigenvalue weighted by Crippen LogP contribution is -2.22. The highest BCUT2D eigenvalue weighted by Gasteiger charge is 2.19. The molecule has 0 saturated heterocycles. The number of hydrogen-bond acceptors (Lipinski definition) is 3. The Hall–Kier alpha value is -2.09. The molecule has 2 aromatic heterocycles. The maximum absolute atomic E-state index is 12.4. The summed E-state index contributed by atoms with van der Waals surface area (Å²) in [6, 6.07) is 3.97. The van der Waals surface area contributed by atoms with Crippen molar-refractivity contribution < 1.29 is 0 Å². The molecule has 0 aliphatic carbocycles. The lowest BCUT2D eigenvalue weighted by molar-refractivity contribution is 0.561. The number of hydrogen-bond donors (Lipinski definition) is 1. The van der Waals surface area contributed by atoms with Crippen molar-refractivity contribution in [3.05, 3.63) is 33.4 Å². The summed E-state index contributed by atoms with van der Waals surface area (Å²) in [5.41, 5.74) is 2.75. The molecule has 0 aliphatic rings. The van der Waals surface area contributed by atoms with Gasteiger partial charge in [-0.2, -0.15) is 5.26 Å². The third-order valence-electron chi connectivity index (χ3n) is 3.21. The summed E-state index contributed by atoms with van der Waals surface area (Å²) in [5.74, 6) is 0. The van der Waals surface area contributed by atoms with Gasteiger partial charge in [0, 0.05) is 34.9 Å². The van der Waals surface area contributed by atoms with Crippen LogP contribution < -0.4 is 5.56 Å². The van der Waals surface area contributed by atoms with Crippen molar-refractivity contribution in [3.63, 3.8) is 0 Å². The third kappa shape index (κ3) is 2.39. The smallest absolute Gasteiger partial charge is 0.276 e. The fraction of sp³-hybridized carbons (Fsp3) is 0.500. The molecule has 0 saturated carbocycles. The molecule has 5 heteroatoms. The van der Waals surface area contributed by atoms with Gasteiger partial charge in [-0.1, -0.05) is 20.8 Å². The van der Waals surface area contributed by atoms with Gasteiger partial charge in [0.15, 0.2) is 5.65 Å². The van der Waals surface area contributed by atoms with Gasteiger partial charge in [0.05, 0.1) is 6.07 Å². The number of aromatic amines is 1. The summed E-state index contributed by atoms with van der Waals surface area (Å²) < 4.78 is 1.47. The highest BCUT2D eigenvalue weighted by atomic mass is 16.1. The van der Waals surface area contributed by atoms with Crippen LogP contribution in [-0.4, -0.2) is 14.6 Å². The number of nitrogens with zero attached hydrogens (tertiary/aromatic N) is 3. The van der Waals surface area contributed by atoms with Gasteiger partial charge in [0.1, 0.15) is 0 Å². The number of aromatic nitrogens is 3. The molecule has 5 nitrogen and oxygen atoms in total. The average molecular weight is 258 g/mol. The predicted octanol–water partition coefficient (Wildman–Crippen LogP) is 2.08. The normalized spacial score (nSPS) is 11.7. The topological polar surface area (TPSA) is 74.0 Å². The van der Waals surface area contributed by atoms with Gasteiger partial charge in [0.25, 0.3) is 5.56 Å². The van der Waals surface area contributed by atoms with Crippen LogP contribution in [0.4, 0.5) is 0 Å². The molecule has 0 unspecified atom stereocenters. The van der Waals surface area contributed by atoms with Crippen LogP contribution in [0.25, 0.3) is 5.65 Å². The van der Waals surface area contributed by atoms with Crippen LogP contribution in [0, 0.1) is 18.3 Å². The summed E-state index contributed by atoms with van der Waals surface area (Å²) >= 11 is 0. The predicted molar refractivity (Wildman–Crippen MR) is 73.2 cm³/mol. The van der Waals surface area contributed by atoms with Crippen LogP contribution in [0.2, 0.25) is 0 Å². The Labute approximate surface area is 111 Å². The number of nitriles is 1.